The maximum atomic E-state index is 12.4. The molecule has 2 aromatic carbocycles. The van der Waals surface area contributed by atoms with Crippen LogP contribution in [0.2, 0.25) is 0 Å². The molecule has 0 saturated carbocycles. The zero-order chi connectivity index (χ0) is 19.6. The average molecular weight is 382 g/mol. The van der Waals surface area contributed by atoms with Crippen LogP contribution in [0.5, 0.6) is 0 Å². The number of carbonyl (C=O) groups excluding carboxylic acids is 2. The van der Waals surface area contributed by atoms with Crippen LogP contribution in [0.3, 0.4) is 0 Å². The minimum atomic E-state index is -0.473. The summed E-state index contributed by atoms with van der Waals surface area (Å²) < 4.78 is 0. The van der Waals surface area contributed by atoms with Gasteiger partial charge in [-0.3, -0.25) is 9.59 Å². The van der Waals surface area contributed by atoms with E-state index >= 15 is 0 Å². The molecule has 1 aliphatic rings. The fourth-order valence-electron chi connectivity index (χ4n) is 2.87. The summed E-state index contributed by atoms with van der Waals surface area (Å²) in [7, 11) is 3.95. The number of nitrogens with zero attached hydrogens (tertiary/aromatic N) is 2. The SMILES string of the molecule is Cc1ccc(NC(=O)C[C@H]2SC(c3ccc(N(C)C)cc3)=NC2=O)c(C)c1. The maximum Gasteiger partial charge on any atom is 0.260 e. The summed E-state index contributed by atoms with van der Waals surface area (Å²) in [5, 5.41) is 3.10. The van der Waals surface area contributed by atoms with Gasteiger partial charge in [-0.05, 0) is 37.6 Å². The molecule has 0 radical (unpaired) electrons. The lowest BCUT2D eigenvalue weighted by molar-refractivity contribution is -0.121. The molecule has 3 rings (SSSR count). The summed E-state index contributed by atoms with van der Waals surface area (Å²) in [5.41, 5.74) is 4.91. The van der Waals surface area contributed by atoms with Gasteiger partial charge in [-0.15, -0.1) is 0 Å². The Kier molecular flexibility index (Phi) is 5.65. The Morgan fingerprint density at radius 2 is 1.85 bits per heavy atom. The van der Waals surface area contributed by atoms with Crippen molar-refractivity contribution in [2.24, 2.45) is 4.99 Å². The number of carbonyl (C=O) groups is 2. The third-order valence-electron chi connectivity index (χ3n) is 4.40. The van der Waals surface area contributed by atoms with Gasteiger partial charge in [0.2, 0.25) is 5.91 Å². The monoisotopic (exact) mass is 381 g/mol. The van der Waals surface area contributed by atoms with Crippen molar-refractivity contribution in [3.63, 3.8) is 0 Å². The van der Waals surface area contributed by atoms with Gasteiger partial charge >= 0.3 is 0 Å². The van der Waals surface area contributed by atoms with Crippen LogP contribution in [0, 0.1) is 13.8 Å². The van der Waals surface area contributed by atoms with Crippen LogP contribution >= 0.6 is 11.8 Å². The van der Waals surface area contributed by atoms with Crippen LogP contribution in [0.4, 0.5) is 11.4 Å². The molecule has 140 valence electrons. The standard InChI is InChI=1S/C21H23N3O2S/c1-13-5-10-17(14(2)11-13)22-19(25)12-18-20(26)23-21(27-18)15-6-8-16(9-7-15)24(3)4/h5-11,18H,12H2,1-4H3,(H,22,25)/t18-/m1/s1. The van der Waals surface area contributed by atoms with E-state index in [1.165, 1.54) is 11.8 Å². The van der Waals surface area contributed by atoms with Crippen LogP contribution in [0.15, 0.2) is 47.5 Å². The lowest BCUT2D eigenvalue weighted by Crippen LogP contribution is -2.21. The maximum absolute atomic E-state index is 12.4. The predicted molar refractivity (Wildman–Crippen MR) is 113 cm³/mol. The molecular formula is C21H23N3O2S. The van der Waals surface area contributed by atoms with E-state index in [0.717, 1.165) is 28.1 Å². The molecule has 0 fully saturated rings. The van der Waals surface area contributed by atoms with E-state index in [1.54, 1.807) is 0 Å². The highest BCUT2D eigenvalue weighted by atomic mass is 32.2. The fourth-order valence-corrected chi connectivity index (χ4v) is 3.94. The quantitative estimate of drug-likeness (QED) is 0.856. The Balaban J connectivity index is 1.62. The first-order valence-corrected chi connectivity index (χ1v) is 9.65. The number of hydrogen-bond donors (Lipinski definition) is 1. The molecule has 0 bridgehead atoms. The van der Waals surface area contributed by atoms with Gasteiger partial charge in [-0.25, -0.2) is 4.99 Å². The average Bonchev–Trinajstić information content (AvgIpc) is 2.98. The van der Waals surface area contributed by atoms with E-state index < -0.39 is 5.25 Å². The third-order valence-corrected chi connectivity index (χ3v) is 5.60. The summed E-state index contributed by atoms with van der Waals surface area (Å²) in [6.07, 6.45) is 0.111. The zero-order valence-corrected chi connectivity index (χ0v) is 16.8. The van der Waals surface area contributed by atoms with Crippen molar-refractivity contribution in [3.05, 3.63) is 59.2 Å². The van der Waals surface area contributed by atoms with E-state index in [2.05, 4.69) is 10.3 Å². The van der Waals surface area contributed by atoms with Gasteiger partial charge < -0.3 is 10.2 Å². The second kappa shape index (κ2) is 7.96. The van der Waals surface area contributed by atoms with E-state index in [1.807, 2.05) is 75.3 Å². The number of anilines is 2. The van der Waals surface area contributed by atoms with Gasteiger partial charge in [-0.1, -0.05) is 41.6 Å². The highest BCUT2D eigenvalue weighted by Gasteiger charge is 2.31. The Morgan fingerprint density at radius 3 is 2.48 bits per heavy atom. The number of amides is 2. The predicted octanol–water partition coefficient (Wildman–Crippen LogP) is 3.79. The smallest absolute Gasteiger partial charge is 0.260 e. The van der Waals surface area contributed by atoms with Crippen molar-refractivity contribution in [2.45, 2.75) is 25.5 Å². The molecule has 1 atom stereocenters. The van der Waals surface area contributed by atoms with Gasteiger partial charge in [0.05, 0.1) is 0 Å². The van der Waals surface area contributed by atoms with Crippen LogP contribution < -0.4 is 10.2 Å². The van der Waals surface area contributed by atoms with Crippen molar-refractivity contribution in [1.29, 1.82) is 0 Å². The second-order valence-corrected chi connectivity index (χ2v) is 8.07. The molecule has 0 unspecified atom stereocenters. The molecule has 1 N–H and O–H groups in total. The van der Waals surface area contributed by atoms with Crippen molar-refractivity contribution in [1.82, 2.24) is 0 Å². The first kappa shape index (κ1) is 19.2. The van der Waals surface area contributed by atoms with Gasteiger partial charge in [0, 0.05) is 37.5 Å². The number of hydrogen-bond acceptors (Lipinski definition) is 4. The van der Waals surface area contributed by atoms with Crippen LogP contribution in [0.25, 0.3) is 0 Å². The summed E-state index contributed by atoms with van der Waals surface area (Å²) in [6, 6.07) is 13.7. The number of aliphatic imine (C=N–C) groups is 1. The fraction of sp³-hybridized carbons (Fsp3) is 0.286. The van der Waals surface area contributed by atoms with Gasteiger partial charge in [0.15, 0.2) is 0 Å². The summed E-state index contributed by atoms with van der Waals surface area (Å²) in [6.45, 7) is 3.97. The van der Waals surface area contributed by atoms with Crippen LogP contribution in [-0.4, -0.2) is 36.2 Å². The van der Waals surface area contributed by atoms with Crippen molar-refractivity contribution in [2.75, 3.05) is 24.3 Å². The second-order valence-electron chi connectivity index (χ2n) is 6.87. The Bertz CT molecular complexity index is 904. The molecule has 0 saturated heterocycles. The first-order valence-electron chi connectivity index (χ1n) is 8.77. The molecule has 6 heteroatoms. The molecular weight excluding hydrogens is 358 g/mol. The molecule has 2 aromatic rings. The highest BCUT2D eigenvalue weighted by Crippen LogP contribution is 2.30. The Hall–Kier alpha value is -2.60. The largest absolute Gasteiger partial charge is 0.378 e. The van der Waals surface area contributed by atoms with E-state index in [9.17, 15) is 9.59 Å². The number of nitrogens with one attached hydrogen (secondary N) is 1. The van der Waals surface area contributed by atoms with Crippen molar-refractivity contribution in [3.8, 4) is 0 Å². The first-order chi connectivity index (χ1) is 12.8. The molecule has 5 nitrogen and oxygen atoms in total. The van der Waals surface area contributed by atoms with E-state index in [-0.39, 0.29) is 18.2 Å². The van der Waals surface area contributed by atoms with Crippen molar-refractivity contribution >= 4 is 40.0 Å². The molecule has 1 heterocycles. The Labute approximate surface area is 163 Å². The molecule has 1 aliphatic heterocycles. The lowest BCUT2D eigenvalue weighted by Gasteiger charge is -2.13. The number of aryl methyl sites for hydroxylation is 2. The minimum Gasteiger partial charge on any atom is -0.378 e. The summed E-state index contributed by atoms with van der Waals surface area (Å²) in [5.74, 6) is -0.422. The van der Waals surface area contributed by atoms with Gasteiger partial charge in [0.1, 0.15) is 10.3 Å². The summed E-state index contributed by atoms with van der Waals surface area (Å²) >= 11 is 1.36. The lowest BCUT2D eigenvalue weighted by atomic mass is 10.1. The van der Waals surface area contributed by atoms with E-state index in [0.29, 0.717) is 5.04 Å². The van der Waals surface area contributed by atoms with Crippen molar-refractivity contribution < 1.29 is 9.59 Å². The summed E-state index contributed by atoms with van der Waals surface area (Å²) in [4.78, 5) is 30.8. The van der Waals surface area contributed by atoms with Crippen LogP contribution in [0.1, 0.15) is 23.1 Å². The molecule has 27 heavy (non-hydrogen) atoms. The normalized spacial score (nSPS) is 16.2. The number of rotatable bonds is 5. The van der Waals surface area contributed by atoms with Crippen LogP contribution in [-0.2, 0) is 9.59 Å². The molecule has 0 aliphatic carbocycles. The number of benzene rings is 2. The molecule has 0 spiro atoms. The van der Waals surface area contributed by atoms with Gasteiger partial charge in [0.25, 0.3) is 5.91 Å². The molecule has 2 amide bonds. The van der Waals surface area contributed by atoms with E-state index in [4.69, 9.17) is 0 Å². The highest BCUT2D eigenvalue weighted by molar-refractivity contribution is 8.16. The molecule has 0 aromatic heterocycles. The topological polar surface area (TPSA) is 61.8 Å². The third kappa shape index (κ3) is 4.57. The minimum absolute atomic E-state index is 0.111. The zero-order valence-electron chi connectivity index (χ0n) is 15.9. The number of thioether (sulfide) groups is 1. The van der Waals surface area contributed by atoms with Gasteiger partial charge in [-0.2, -0.15) is 0 Å². The Morgan fingerprint density at radius 1 is 1.15 bits per heavy atom.